The van der Waals surface area contributed by atoms with Gasteiger partial charge >= 0.3 is 0 Å². The highest BCUT2D eigenvalue weighted by Gasteiger charge is 1.93. The molecule has 0 aliphatic heterocycles. The summed E-state index contributed by atoms with van der Waals surface area (Å²) < 4.78 is 0. The fourth-order valence-electron chi connectivity index (χ4n) is 1.38. The lowest BCUT2D eigenvalue weighted by Crippen LogP contribution is -1.76. The Bertz CT molecular complexity index is 524. The lowest BCUT2D eigenvalue weighted by Gasteiger charge is -2.00. The van der Waals surface area contributed by atoms with Gasteiger partial charge in [0.2, 0.25) is 12.2 Å². The maximum atomic E-state index is 8.35. The fourth-order valence-corrected chi connectivity index (χ4v) is 1.38. The zero-order valence-corrected chi connectivity index (χ0v) is 10.5. The highest BCUT2D eigenvalue weighted by Crippen LogP contribution is 2.18. The number of aryl methyl sites for hydroxylation is 1. The standard InChI is InChI=1S/C13H12.2CHNO/c1-11-7-9-13(10-8-11)12-5-3-2-4-6-12;2*2-1-3/h2-10H,1H3;2*2H. The number of isocyanates is 2. The van der Waals surface area contributed by atoms with Crippen molar-refractivity contribution in [2.75, 3.05) is 0 Å². The van der Waals surface area contributed by atoms with Crippen molar-refractivity contribution >= 4 is 12.2 Å². The first-order chi connectivity index (χ1) is 9.19. The Morgan fingerprint density at radius 2 is 1.11 bits per heavy atom. The van der Waals surface area contributed by atoms with Crippen LogP contribution in [0.4, 0.5) is 0 Å². The number of benzene rings is 2. The minimum absolute atomic E-state index is 0.750. The summed E-state index contributed by atoms with van der Waals surface area (Å²) in [5.74, 6) is 0. The van der Waals surface area contributed by atoms with Crippen molar-refractivity contribution in [2.24, 2.45) is 0 Å². The van der Waals surface area contributed by atoms with Gasteiger partial charge in [-0.05, 0) is 18.1 Å². The molecule has 0 radical (unpaired) electrons. The molecule has 0 saturated heterocycles. The van der Waals surface area contributed by atoms with Gasteiger partial charge in [0.15, 0.2) is 0 Å². The van der Waals surface area contributed by atoms with Gasteiger partial charge in [0.25, 0.3) is 0 Å². The van der Waals surface area contributed by atoms with E-state index in [0.29, 0.717) is 0 Å². The van der Waals surface area contributed by atoms with Crippen LogP contribution in [0.1, 0.15) is 5.56 Å². The topological polar surface area (TPSA) is 81.8 Å². The molecule has 2 rings (SSSR count). The van der Waals surface area contributed by atoms with E-state index in [-0.39, 0.29) is 0 Å². The van der Waals surface area contributed by atoms with Crippen LogP contribution >= 0.6 is 0 Å². The quantitative estimate of drug-likeness (QED) is 0.603. The predicted octanol–water partition coefficient (Wildman–Crippen LogP) is 3.46. The first-order valence-corrected chi connectivity index (χ1v) is 5.39. The zero-order valence-electron chi connectivity index (χ0n) is 10.5. The molecule has 2 N–H and O–H groups in total. The van der Waals surface area contributed by atoms with E-state index < -0.39 is 0 Å². The number of carbonyl (C=O) groups excluding carboxylic acids is 2. The first kappa shape index (κ1) is 16.2. The van der Waals surface area contributed by atoms with Crippen molar-refractivity contribution in [3.05, 3.63) is 60.2 Å². The average molecular weight is 254 g/mol. The van der Waals surface area contributed by atoms with E-state index in [1.807, 2.05) is 6.07 Å². The summed E-state index contributed by atoms with van der Waals surface area (Å²) in [6.45, 7) is 2.11. The van der Waals surface area contributed by atoms with Gasteiger partial charge in [0.1, 0.15) is 0 Å². The zero-order chi connectivity index (χ0) is 14.5. The summed E-state index contributed by atoms with van der Waals surface area (Å²) in [5, 5.41) is 10.8. The third kappa shape index (κ3) is 7.18. The average Bonchev–Trinajstić information content (AvgIpc) is 2.42. The smallest absolute Gasteiger partial charge is 0.222 e. The number of hydrogen-bond acceptors (Lipinski definition) is 4. The van der Waals surface area contributed by atoms with Crippen LogP contribution in [0.25, 0.3) is 11.1 Å². The van der Waals surface area contributed by atoms with Crippen LogP contribution in [-0.4, -0.2) is 12.2 Å². The van der Waals surface area contributed by atoms with Crippen LogP contribution in [-0.2, 0) is 9.59 Å². The van der Waals surface area contributed by atoms with Crippen molar-refractivity contribution in [3.63, 3.8) is 0 Å². The van der Waals surface area contributed by atoms with Crippen molar-refractivity contribution < 1.29 is 9.59 Å². The largest absolute Gasteiger partial charge is 0.231 e. The Balaban J connectivity index is 0.000000465. The van der Waals surface area contributed by atoms with E-state index in [9.17, 15) is 0 Å². The van der Waals surface area contributed by atoms with Crippen molar-refractivity contribution in [1.82, 2.24) is 0 Å². The molecule has 0 unspecified atom stereocenters. The summed E-state index contributed by atoms with van der Waals surface area (Å²) in [5.41, 5.74) is 3.87. The van der Waals surface area contributed by atoms with E-state index in [1.165, 1.54) is 16.7 Å². The van der Waals surface area contributed by atoms with Crippen LogP contribution in [0, 0.1) is 17.7 Å². The molecule has 0 heterocycles. The Labute approximate surface area is 111 Å². The molecule has 0 atom stereocenters. The number of nitrogens with one attached hydrogen (secondary N) is 2. The fraction of sp³-hybridized carbons (Fsp3) is 0.0667. The second-order valence-corrected chi connectivity index (χ2v) is 3.44. The SMILES string of the molecule is Cc1ccc(-c2ccccc2)cc1.N=C=O.N=C=O. The molecule has 0 aliphatic carbocycles. The van der Waals surface area contributed by atoms with E-state index in [0.717, 1.165) is 12.2 Å². The molecular weight excluding hydrogens is 240 g/mol. The molecule has 2 aromatic carbocycles. The van der Waals surface area contributed by atoms with E-state index in [4.69, 9.17) is 20.4 Å². The molecule has 0 saturated carbocycles. The van der Waals surface area contributed by atoms with E-state index >= 15 is 0 Å². The minimum Gasteiger partial charge on any atom is -0.222 e. The molecule has 4 heteroatoms. The Hall–Kier alpha value is -2.80. The number of hydrogen-bond donors (Lipinski definition) is 2. The van der Waals surface area contributed by atoms with Gasteiger partial charge in [-0.1, -0.05) is 60.2 Å². The molecule has 0 bridgehead atoms. The van der Waals surface area contributed by atoms with Gasteiger partial charge < -0.3 is 0 Å². The highest BCUT2D eigenvalue weighted by molar-refractivity contribution is 5.63. The molecular formula is C15H14N2O2. The van der Waals surface area contributed by atoms with Crippen LogP contribution in [0.15, 0.2) is 54.6 Å². The predicted molar refractivity (Wildman–Crippen MR) is 73.4 cm³/mol. The van der Waals surface area contributed by atoms with Crippen LogP contribution in [0.2, 0.25) is 0 Å². The van der Waals surface area contributed by atoms with Crippen molar-refractivity contribution in [2.45, 2.75) is 6.92 Å². The van der Waals surface area contributed by atoms with Crippen LogP contribution < -0.4 is 0 Å². The van der Waals surface area contributed by atoms with E-state index in [1.54, 1.807) is 0 Å². The van der Waals surface area contributed by atoms with Crippen LogP contribution in [0.5, 0.6) is 0 Å². The molecule has 96 valence electrons. The van der Waals surface area contributed by atoms with Gasteiger partial charge in [-0.2, -0.15) is 0 Å². The highest BCUT2D eigenvalue weighted by atomic mass is 16.1. The molecule has 0 spiro atoms. The van der Waals surface area contributed by atoms with Crippen molar-refractivity contribution in [3.8, 4) is 11.1 Å². The Kier molecular flexibility index (Phi) is 8.83. The second kappa shape index (κ2) is 10.4. The van der Waals surface area contributed by atoms with Gasteiger partial charge in [-0.15, -0.1) is 0 Å². The van der Waals surface area contributed by atoms with Crippen molar-refractivity contribution in [1.29, 1.82) is 10.8 Å². The monoisotopic (exact) mass is 254 g/mol. The van der Waals surface area contributed by atoms with E-state index in [2.05, 4.69) is 55.5 Å². The molecule has 0 aliphatic rings. The molecule has 19 heavy (non-hydrogen) atoms. The second-order valence-electron chi connectivity index (χ2n) is 3.44. The Morgan fingerprint density at radius 1 is 0.737 bits per heavy atom. The third-order valence-corrected chi connectivity index (χ3v) is 2.16. The molecule has 2 aromatic rings. The molecule has 0 amide bonds. The van der Waals surface area contributed by atoms with Gasteiger partial charge in [-0.25, -0.2) is 20.4 Å². The first-order valence-electron chi connectivity index (χ1n) is 5.39. The summed E-state index contributed by atoms with van der Waals surface area (Å²) in [6, 6.07) is 19.0. The third-order valence-electron chi connectivity index (χ3n) is 2.16. The van der Waals surface area contributed by atoms with Crippen LogP contribution in [0.3, 0.4) is 0 Å². The summed E-state index contributed by atoms with van der Waals surface area (Å²) >= 11 is 0. The van der Waals surface area contributed by atoms with Gasteiger partial charge in [0, 0.05) is 0 Å². The molecule has 0 aromatic heterocycles. The minimum atomic E-state index is 0.750. The van der Waals surface area contributed by atoms with Gasteiger partial charge in [-0.3, -0.25) is 0 Å². The van der Waals surface area contributed by atoms with Gasteiger partial charge in [0.05, 0.1) is 0 Å². The lowest BCUT2D eigenvalue weighted by molar-refractivity contribution is 0.562. The lowest BCUT2D eigenvalue weighted by atomic mass is 10.0. The molecule has 4 nitrogen and oxygen atoms in total. The maximum absolute atomic E-state index is 8.35. The number of rotatable bonds is 1. The Morgan fingerprint density at radius 3 is 1.53 bits per heavy atom. The summed E-state index contributed by atoms with van der Waals surface area (Å²) in [6.07, 6.45) is 1.50. The normalized spacial score (nSPS) is 7.63. The summed E-state index contributed by atoms with van der Waals surface area (Å²) in [7, 11) is 0. The maximum Gasteiger partial charge on any atom is 0.231 e. The molecule has 0 fully saturated rings. The summed E-state index contributed by atoms with van der Waals surface area (Å²) in [4.78, 5) is 16.7.